The van der Waals surface area contributed by atoms with Crippen molar-refractivity contribution in [2.45, 2.75) is 18.3 Å². The predicted octanol–water partition coefficient (Wildman–Crippen LogP) is 3.29. The number of piperazine rings is 1. The lowest BCUT2D eigenvalue weighted by molar-refractivity contribution is -0.154. The summed E-state index contributed by atoms with van der Waals surface area (Å²) < 4.78 is 5.37. The van der Waals surface area contributed by atoms with Crippen molar-refractivity contribution in [2.75, 3.05) is 38.1 Å². The van der Waals surface area contributed by atoms with E-state index in [0.717, 1.165) is 11.3 Å². The largest absolute Gasteiger partial charge is 0.455 e. The molecule has 0 bridgehead atoms. The molecule has 1 aliphatic carbocycles. The number of hydrogen-bond acceptors (Lipinski definition) is 4. The number of urea groups is 1. The van der Waals surface area contributed by atoms with E-state index in [0.29, 0.717) is 44.0 Å². The molecule has 1 N–H and O–H groups in total. The van der Waals surface area contributed by atoms with E-state index >= 15 is 0 Å². The van der Waals surface area contributed by atoms with Gasteiger partial charge in [0.25, 0.3) is 5.91 Å². The van der Waals surface area contributed by atoms with Gasteiger partial charge < -0.3 is 19.9 Å². The Labute approximate surface area is 185 Å². The second-order valence-corrected chi connectivity index (χ2v) is 8.27. The summed E-state index contributed by atoms with van der Waals surface area (Å²) in [6.45, 7) is 1.37. The maximum atomic E-state index is 12.6. The maximum absolute atomic E-state index is 12.6. The quantitative estimate of drug-likeness (QED) is 0.722. The van der Waals surface area contributed by atoms with Gasteiger partial charge in [-0.1, -0.05) is 41.9 Å². The van der Waals surface area contributed by atoms with Gasteiger partial charge in [0.1, 0.15) is 0 Å². The fraction of sp³-hybridized carbons (Fsp3) is 0.348. The Bertz CT molecular complexity index is 953. The number of rotatable bonds is 5. The lowest BCUT2D eigenvalue weighted by Crippen LogP contribution is -2.52. The summed E-state index contributed by atoms with van der Waals surface area (Å²) in [6.07, 6.45) is 1.41. The van der Waals surface area contributed by atoms with Crippen LogP contribution in [0, 0.1) is 0 Å². The summed E-state index contributed by atoms with van der Waals surface area (Å²) in [7, 11) is 0. The summed E-state index contributed by atoms with van der Waals surface area (Å²) in [5, 5.41) is 3.46. The second kappa shape index (κ2) is 8.98. The highest BCUT2D eigenvalue weighted by Crippen LogP contribution is 2.49. The molecule has 1 saturated carbocycles. The molecule has 2 aromatic rings. The van der Waals surface area contributed by atoms with Gasteiger partial charge >= 0.3 is 12.0 Å². The SMILES string of the molecule is O=C(COC(=O)C1(c2ccc(Cl)cc2)CC1)N1CCN(C(=O)Nc2ccccc2)CC1. The first kappa shape index (κ1) is 21.2. The Kier molecular flexibility index (Phi) is 6.13. The number of benzene rings is 2. The molecule has 8 heteroatoms. The first-order valence-electron chi connectivity index (χ1n) is 10.3. The van der Waals surface area contributed by atoms with Crippen molar-refractivity contribution < 1.29 is 19.1 Å². The molecule has 0 aromatic heterocycles. The topological polar surface area (TPSA) is 79.0 Å². The molecule has 0 radical (unpaired) electrons. The van der Waals surface area contributed by atoms with Gasteiger partial charge in [-0.3, -0.25) is 9.59 Å². The number of carbonyl (C=O) groups is 3. The lowest BCUT2D eigenvalue weighted by atomic mass is 9.96. The van der Waals surface area contributed by atoms with E-state index in [4.69, 9.17) is 16.3 Å². The molecule has 1 saturated heterocycles. The normalized spacial score (nSPS) is 17.1. The highest BCUT2D eigenvalue weighted by molar-refractivity contribution is 6.30. The molecule has 2 aliphatic rings. The van der Waals surface area contributed by atoms with Crippen LogP contribution in [0.3, 0.4) is 0 Å². The van der Waals surface area contributed by atoms with Crippen molar-refractivity contribution in [3.8, 4) is 0 Å². The van der Waals surface area contributed by atoms with Crippen LogP contribution in [-0.2, 0) is 19.7 Å². The Balaban J connectivity index is 1.23. The van der Waals surface area contributed by atoms with E-state index < -0.39 is 5.41 Å². The summed E-state index contributed by atoms with van der Waals surface area (Å²) >= 11 is 5.93. The Morgan fingerprint density at radius 1 is 0.903 bits per heavy atom. The van der Waals surface area contributed by atoms with Crippen molar-refractivity contribution in [1.82, 2.24) is 9.80 Å². The van der Waals surface area contributed by atoms with Crippen LogP contribution in [0.15, 0.2) is 54.6 Å². The monoisotopic (exact) mass is 441 g/mol. The van der Waals surface area contributed by atoms with E-state index in [1.165, 1.54) is 0 Å². The van der Waals surface area contributed by atoms with E-state index in [1.807, 2.05) is 42.5 Å². The lowest BCUT2D eigenvalue weighted by Gasteiger charge is -2.34. The average Bonchev–Trinajstić information content (AvgIpc) is 3.60. The summed E-state index contributed by atoms with van der Waals surface area (Å²) in [5.74, 6) is -0.618. The van der Waals surface area contributed by atoms with Crippen molar-refractivity contribution in [3.63, 3.8) is 0 Å². The zero-order valence-electron chi connectivity index (χ0n) is 17.1. The van der Waals surface area contributed by atoms with Crippen LogP contribution in [0.2, 0.25) is 5.02 Å². The first-order chi connectivity index (χ1) is 15.0. The van der Waals surface area contributed by atoms with Gasteiger partial charge in [0.15, 0.2) is 6.61 Å². The van der Waals surface area contributed by atoms with Gasteiger partial charge in [0.2, 0.25) is 0 Å². The zero-order valence-corrected chi connectivity index (χ0v) is 17.8. The Hall–Kier alpha value is -3.06. The molecule has 1 heterocycles. The van der Waals surface area contributed by atoms with Crippen molar-refractivity contribution in [1.29, 1.82) is 0 Å². The maximum Gasteiger partial charge on any atom is 0.321 e. The first-order valence-corrected chi connectivity index (χ1v) is 10.7. The van der Waals surface area contributed by atoms with Gasteiger partial charge in [0, 0.05) is 36.9 Å². The van der Waals surface area contributed by atoms with Gasteiger partial charge in [-0.15, -0.1) is 0 Å². The van der Waals surface area contributed by atoms with Crippen LogP contribution in [0.4, 0.5) is 10.5 Å². The molecular formula is C23H24ClN3O4. The minimum atomic E-state index is -0.654. The van der Waals surface area contributed by atoms with Crippen LogP contribution in [0.25, 0.3) is 0 Å². The number of anilines is 1. The van der Waals surface area contributed by atoms with Crippen LogP contribution in [0.5, 0.6) is 0 Å². The average molecular weight is 442 g/mol. The highest BCUT2D eigenvalue weighted by atomic mass is 35.5. The number of amides is 3. The summed E-state index contributed by atoms with van der Waals surface area (Å²) in [4.78, 5) is 40.8. The number of ether oxygens (including phenoxy) is 1. The van der Waals surface area contributed by atoms with Gasteiger partial charge in [0.05, 0.1) is 5.41 Å². The van der Waals surface area contributed by atoms with Crippen LogP contribution >= 0.6 is 11.6 Å². The Morgan fingerprint density at radius 3 is 2.13 bits per heavy atom. The highest BCUT2D eigenvalue weighted by Gasteiger charge is 2.53. The number of para-hydroxylation sites is 1. The van der Waals surface area contributed by atoms with Crippen LogP contribution < -0.4 is 5.32 Å². The number of hydrogen-bond donors (Lipinski definition) is 1. The van der Waals surface area contributed by atoms with Gasteiger partial charge in [-0.05, 0) is 42.7 Å². The summed E-state index contributed by atoms with van der Waals surface area (Å²) in [5.41, 5.74) is 0.944. The summed E-state index contributed by atoms with van der Waals surface area (Å²) in [6, 6.07) is 16.2. The Morgan fingerprint density at radius 2 is 1.52 bits per heavy atom. The number of nitrogens with one attached hydrogen (secondary N) is 1. The molecule has 1 aliphatic heterocycles. The molecule has 2 fully saturated rings. The molecule has 162 valence electrons. The number of esters is 1. The minimum absolute atomic E-state index is 0.191. The smallest absolute Gasteiger partial charge is 0.321 e. The fourth-order valence-electron chi connectivity index (χ4n) is 3.74. The predicted molar refractivity (Wildman–Crippen MR) is 117 cm³/mol. The zero-order chi connectivity index (χ0) is 21.8. The van der Waals surface area contributed by atoms with E-state index in [9.17, 15) is 14.4 Å². The molecular weight excluding hydrogens is 418 g/mol. The standard InChI is InChI=1S/C23H24ClN3O4/c24-18-8-6-17(7-9-18)23(10-11-23)21(29)31-16-20(28)26-12-14-27(15-13-26)22(30)25-19-4-2-1-3-5-19/h1-9H,10-16H2,(H,25,30). The van der Waals surface area contributed by atoms with Crippen LogP contribution in [-0.4, -0.2) is 60.5 Å². The van der Waals surface area contributed by atoms with E-state index in [1.54, 1.807) is 21.9 Å². The number of halogens is 1. The van der Waals surface area contributed by atoms with Crippen molar-refractivity contribution in [3.05, 3.63) is 65.2 Å². The molecule has 4 rings (SSSR count). The van der Waals surface area contributed by atoms with E-state index in [2.05, 4.69) is 5.32 Å². The third-order valence-corrected chi connectivity index (χ3v) is 6.06. The van der Waals surface area contributed by atoms with Gasteiger partial charge in [-0.2, -0.15) is 0 Å². The van der Waals surface area contributed by atoms with Crippen LogP contribution in [0.1, 0.15) is 18.4 Å². The van der Waals surface area contributed by atoms with Crippen molar-refractivity contribution in [2.24, 2.45) is 0 Å². The molecule has 0 atom stereocenters. The molecule has 7 nitrogen and oxygen atoms in total. The van der Waals surface area contributed by atoms with Gasteiger partial charge in [-0.25, -0.2) is 4.79 Å². The molecule has 3 amide bonds. The fourth-order valence-corrected chi connectivity index (χ4v) is 3.87. The molecule has 31 heavy (non-hydrogen) atoms. The number of carbonyl (C=O) groups excluding carboxylic acids is 3. The third kappa shape index (κ3) is 4.82. The third-order valence-electron chi connectivity index (χ3n) is 5.81. The molecule has 0 unspecified atom stereocenters. The second-order valence-electron chi connectivity index (χ2n) is 7.83. The molecule has 0 spiro atoms. The van der Waals surface area contributed by atoms with E-state index in [-0.39, 0.29) is 24.5 Å². The minimum Gasteiger partial charge on any atom is -0.455 e. The number of nitrogens with zero attached hydrogens (tertiary/aromatic N) is 2. The van der Waals surface area contributed by atoms with Crippen molar-refractivity contribution >= 4 is 35.2 Å². The molecule has 2 aromatic carbocycles.